The second-order valence-corrected chi connectivity index (χ2v) is 13.7. The molecule has 0 spiro atoms. The lowest BCUT2D eigenvalue weighted by Gasteiger charge is -2.44. The zero-order valence-corrected chi connectivity index (χ0v) is 26.1. The molecule has 2 N–H and O–H groups in total. The summed E-state index contributed by atoms with van der Waals surface area (Å²) < 4.78 is 11.8. The first-order chi connectivity index (χ1) is 19.8. The fourth-order valence-corrected chi connectivity index (χ4v) is 6.65. The van der Waals surface area contributed by atoms with Gasteiger partial charge in [0.2, 0.25) is 0 Å². The predicted octanol–water partition coefficient (Wildman–Crippen LogP) is 7.38. The van der Waals surface area contributed by atoms with Crippen LogP contribution in [0.1, 0.15) is 71.8 Å². The summed E-state index contributed by atoms with van der Waals surface area (Å²) >= 11 is 12.7. The molecule has 0 saturated carbocycles. The molecule has 2 aromatic rings. The number of halogens is 2. The van der Waals surface area contributed by atoms with E-state index >= 15 is 0 Å². The molecule has 9 heteroatoms. The van der Waals surface area contributed by atoms with Gasteiger partial charge in [0.25, 0.3) is 5.91 Å². The molecule has 2 aromatic carbocycles. The second kappa shape index (κ2) is 11.4. The summed E-state index contributed by atoms with van der Waals surface area (Å²) in [6, 6.07) is 10.3. The van der Waals surface area contributed by atoms with Crippen LogP contribution in [0.25, 0.3) is 0 Å². The molecule has 3 aliphatic rings. The summed E-state index contributed by atoms with van der Waals surface area (Å²) in [5.74, 6) is -0.337. The van der Waals surface area contributed by atoms with Crippen LogP contribution in [0.2, 0.25) is 10.0 Å². The average Bonchev–Trinajstić information content (AvgIpc) is 2.87. The largest absolute Gasteiger partial charge is 0.490 e. The first-order valence-electron chi connectivity index (χ1n) is 14.2. The van der Waals surface area contributed by atoms with Gasteiger partial charge in [-0.1, -0.05) is 50.9 Å². The quantitative estimate of drug-likeness (QED) is 0.339. The van der Waals surface area contributed by atoms with Gasteiger partial charge in [0, 0.05) is 52.0 Å². The van der Waals surface area contributed by atoms with Gasteiger partial charge in [-0.2, -0.15) is 0 Å². The van der Waals surface area contributed by atoms with Crippen molar-refractivity contribution in [3.8, 4) is 11.5 Å². The van der Waals surface area contributed by atoms with Crippen molar-refractivity contribution in [3.63, 3.8) is 0 Å². The number of dihydropyridines is 1. The highest BCUT2D eigenvalue weighted by Crippen LogP contribution is 2.52. The SMILES string of the molecule is CCOc1cc(C2C3=C(CC(C)(C)CC3=O)NC3=C2C(=O)CC(C)(C)C3)cc(Cl)c1OCC(=O)Nc1ccc(Cl)cc1. The highest BCUT2D eigenvalue weighted by atomic mass is 35.5. The molecule has 1 aliphatic heterocycles. The van der Waals surface area contributed by atoms with Crippen molar-refractivity contribution >= 4 is 46.4 Å². The summed E-state index contributed by atoms with van der Waals surface area (Å²) in [4.78, 5) is 40.0. The van der Waals surface area contributed by atoms with Crippen molar-refractivity contribution < 1.29 is 23.9 Å². The van der Waals surface area contributed by atoms with Crippen molar-refractivity contribution in [1.29, 1.82) is 0 Å². The van der Waals surface area contributed by atoms with Crippen LogP contribution >= 0.6 is 23.2 Å². The monoisotopic (exact) mass is 610 g/mol. The second-order valence-electron chi connectivity index (χ2n) is 12.8. The van der Waals surface area contributed by atoms with Crippen LogP contribution in [0.5, 0.6) is 11.5 Å². The van der Waals surface area contributed by atoms with Crippen molar-refractivity contribution in [2.75, 3.05) is 18.5 Å². The third-order valence-electron chi connectivity index (χ3n) is 7.86. The molecular formula is C33H36Cl2N2O5. The van der Waals surface area contributed by atoms with E-state index in [9.17, 15) is 14.4 Å². The van der Waals surface area contributed by atoms with Crippen LogP contribution in [0.4, 0.5) is 5.69 Å². The number of anilines is 1. The Morgan fingerprint density at radius 1 is 0.905 bits per heavy atom. The number of benzene rings is 2. The van der Waals surface area contributed by atoms with Gasteiger partial charge in [-0.3, -0.25) is 14.4 Å². The van der Waals surface area contributed by atoms with Gasteiger partial charge in [-0.25, -0.2) is 0 Å². The molecule has 222 valence electrons. The minimum Gasteiger partial charge on any atom is -0.490 e. The highest BCUT2D eigenvalue weighted by molar-refractivity contribution is 6.32. The summed E-state index contributed by atoms with van der Waals surface area (Å²) in [6.45, 7) is 10.2. The van der Waals surface area contributed by atoms with E-state index < -0.39 is 5.92 Å². The molecule has 2 aliphatic carbocycles. The van der Waals surface area contributed by atoms with Crippen LogP contribution < -0.4 is 20.1 Å². The lowest BCUT2D eigenvalue weighted by Crippen LogP contribution is -2.42. The van der Waals surface area contributed by atoms with Crippen LogP contribution in [0, 0.1) is 10.8 Å². The van der Waals surface area contributed by atoms with E-state index in [-0.39, 0.29) is 45.7 Å². The van der Waals surface area contributed by atoms with Crippen LogP contribution in [0.3, 0.4) is 0 Å². The number of Topliss-reactive ketones (excluding diaryl/α,β-unsaturated/α-hetero) is 2. The van der Waals surface area contributed by atoms with Crippen LogP contribution in [-0.4, -0.2) is 30.7 Å². The maximum absolute atomic E-state index is 13.7. The summed E-state index contributed by atoms with van der Waals surface area (Å²) in [7, 11) is 0. The van der Waals surface area contributed by atoms with Gasteiger partial charge < -0.3 is 20.1 Å². The van der Waals surface area contributed by atoms with E-state index in [0.717, 1.165) is 11.4 Å². The fraction of sp³-hybridized carbons (Fsp3) is 0.424. The number of carbonyl (C=O) groups is 3. The number of ketones is 2. The summed E-state index contributed by atoms with van der Waals surface area (Å²) in [5.41, 5.74) is 3.86. The minimum absolute atomic E-state index is 0.0243. The Bertz CT molecular complexity index is 1470. The van der Waals surface area contributed by atoms with E-state index in [1.807, 2.05) is 6.92 Å². The van der Waals surface area contributed by atoms with E-state index in [0.29, 0.717) is 65.5 Å². The lowest BCUT2D eigenvalue weighted by atomic mass is 9.64. The number of allylic oxidation sites excluding steroid dienone is 4. The van der Waals surface area contributed by atoms with E-state index in [1.165, 1.54) is 0 Å². The Hall–Kier alpha value is -3.29. The van der Waals surface area contributed by atoms with Crippen molar-refractivity contribution in [1.82, 2.24) is 5.32 Å². The molecule has 0 bridgehead atoms. The molecule has 0 saturated heterocycles. The molecular weight excluding hydrogens is 575 g/mol. The highest BCUT2D eigenvalue weighted by Gasteiger charge is 2.46. The van der Waals surface area contributed by atoms with Gasteiger partial charge in [0.05, 0.1) is 11.6 Å². The maximum Gasteiger partial charge on any atom is 0.262 e. The van der Waals surface area contributed by atoms with E-state index in [4.69, 9.17) is 32.7 Å². The molecule has 0 atom stereocenters. The zero-order valence-electron chi connectivity index (χ0n) is 24.6. The Morgan fingerprint density at radius 2 is 1.48 bits per heavy atom. The van der Waals surface area contributed by atoms with Gasteiger partial charge in [0.15, 0.2) is 29.7 Å². The Labute approximate surface area is 256 Å². The number of amides is 1. The molecule has 0 fully saturated rings. The molecule has 5 rings (SSSR count). The molecule has 0 unspecified atom stereocenters. The minimum atomic E-state index is -0.567. The van der Waals surface area contributed by atoms with Gasteiger partial charge >= 0.3 is 0 Å². The van der Waals surface area contributed by atoms with E-state index in [2.05, 4.69) is 38.3 Å². The number of rotatable bonds is 7. The van der Waals surface area contributed by atoms with E-state index in [1.54, 1.807) is 36.4 Å². The third kappa shape index (κ3) is 6.23. The van der Waals surface area contributed by atoms with Crippen LogP contribution in [-0.2, 0) is 14.4 Å². The molecule has 1 heterocycles. The van der Waals surface area contributed by atoms with Crippen molar-refractivity contribution in [2.45, 2.75) is 66.2 Å². The number of hydrogen-bond acceptors (Lipinski definition) is 6. The van der Waals surface area contributed by atoms with Crippen molar-refractivity contribution in [2.24, 2.45) is 10.8 Å². The first-order valence-corrected chi connectivity index (χ1v) is 15.0. The molecule has 0 radical (unpaired) electrons. The summed E-state index contributed by atoms with van der Waals surface area (Å²) in [5, 5.41) is 7.08. The lowest BCUT2D eigenvalue weighted by molar-refractivity contribution is -0.119. The number of hydrogen-bond donors (Lipinski definition) is 2. The molecule has 1 amide bonds. The topological polar surface area (TPSA) is 93.7 Å². The van der Waals surface area contributed by atoms with Gasteiger partial charge in [0.1, 0.15) is 0 Å². The smallest absolute Gasteiger partial charge is 0.262 e. The molecule has 42 heavy (non-hydrogen) atoms. The van der Waals surface area contributed by atoms with Gasteiger partial charge in [-0.15, -0.1) is 0 Å². The molecule has 0 aromatic heterocycles. The standard InChI is InChI=1S/C33H36Cl2N2O5/c1-6-41-26-12-18(11-21(35)31(26)42-17-27(40)36-20-9-7-19(34)8-10-20)28-29-22(13-32(2,3)15-24(29)38)37-23-14-33(4,5)16-25(39)30(23)28/h7-12,28,37H,6,13-17H2,1-5H3,(H,36,40). The predicted molar refractivity (Wildman–Crippen MR) is 164 cm³/mol. The first kappa shape index (κ1) is 30.2. The fourth-order valence-electron chi connectivity index (χ4n) is 6.25. The Balaban J connectivity index is 1.52. The Morgan fingerprint density at radius 3 is 2.02 bits per heavy atom. The van der Waals surface area contributed by atoms with Crippen LogP contribution in [0.15, 0.2) is 58.9 Å². The normalized spacial score (nSPS) is 19.6. The maximum atomic E-state index is 13.7. The number of nitrogens with one attached hydrogen (secondary N) is 2. The number of carbonyl (C=O) groups excluding carboxylic acids is 3. The molecule has 7 nitrogen and oxygen atoms in total. The van der Waals surface area contributed by atoms with Gasteiger partial charge in [-0.05, 0) is 72.6 Å². The average molecular weight is 612 g/mol. The Kier molecular flexibility index (Phi) is 8.20. The summed E-state index contributed by atoms with van der Waals surface area (Å²) in [6.07, 6.45) is 2.18. The third-order valence-corrected chi connectivity index (χ3v) is 8.39. The number of ether oxygens (including phenoxy) is 2. The zero-order chi connectivity index (χ0) is 30.4. The van der Waals surface area contributed by atoms with Crippen molar-refractivity contribution in [3.05, 3.63) is 74.5 Å².